The van der Waals surface area contributed by atoms with Crippen LogP contribution in [0.1, 0.15) is 5.56 Å². The van der Waals surface area contributed by atoms with Gasteiger partial charge < -0.3 is 30.3 Å². The molecular formula is C20H24N4O4. The predicted molar refractivity (Wildman–Crippen MR) is 107 cm³/mol. The molecule has 8 nitrogen and oxygen atoms in total. The van der Waals surface area contributed by atoms with Crippen molar-refractivity contribution in [2.75, 3.05) is 44.1 Å². The van der Waals surface area contributed by atoms with Gasteiger partial charge in [-0.15, -0.1) is 0 Å². The van der Waals surface area contributed by atoms with Gasteiger partial charge in [0, 0.05) is 36.6 Å². The average Bonchev–Trinajstić information content (AvgIpc) is 2.72. The fraction of sp³-hybridized carbons (Fsp3) is 0.300. The summed E-state index contributed by atoms with van der Waals surface area (Å²) >= 11 is 0. The Morgan fingerprint density at radius 3 is 2.61 bits per heavy atom. The first-order valence-electron chi connectivity index (χ1n) is 8.96. The number of hydrogen-bond donors (Lipinski definition) is 3. The number of hydrogen-bond acceptors (Lipinski definition) is 5. The largest absolute Gasteiger partial charge is 0.497 e. The molecule has 0 spiro atoms. The van der Waals surface area contributed by atoms with E-state index < -0.39 is 0 Å². The molecule has 0 aliphatic carbocycles. The Bertz CT molecular complexity index is 839. The van der Waals surface area contributed by atoms with Crippen molar-refractivity contribution in [1.82, 2.24) is 10.6 Å². The topological polar surface area (TPSA) is 91.9 Å². The average molecular weight is 384 g/mol. The fourth-order valence-corrected chi connectivity index (χ4v) is 2.99. The molecule has 2 aromatic carbocycles. The summed E-state index contributed by atoms with van der Waals surface area (Å²) in [6, 6.07) is 12.5. The first-order chi connectivity index (χ1) is 13.6. The number of nitrogens with zero attached hydrogens (tertiary/aromatic N) is 1. The van der Waals surface area contributed by atoms with Crippen LogP contribution in [0.3, 0.4) is 0 Å². The van der Waals surface area contributed by atoms with Crippen molar-refractivity contribution in [1.29, 1.82) is 0 Å². The van der Waals surface area contributed by atoms with Crippen molar-refractivity contribution < 1.29 is 19.1 Å². The Hall–Kier alpha value is -3.42. The maximum absolute atomic E-state index is 12.2. The van der Waals surface area contributed by atoms with E-state index in [1.165, 1.54) is 0 Å². The second kappa shape index (κ2) is 8.98. The maximum Gasteiger partial charge on any atom is 0.319 e. The maximum atomic E-state index is 12.2. The number of carbonyl (C=O) groups excluding carboxylic acids is 2. The van der Waals surface area contributed by atoms with Crippen LogP contribution in [0.25, 0.3) is 0 Å². The van der Waals surface area contributed by atoms with E-state index in [2.05, 4.69) is 16.0 Å². The number of carbonyl (C=O) groups is 2. The van der Waals surface area contributed by atoms with Gasteiger partial charge in [0.25, 0.3) is 0 Å². The highest BCUT2D eigenvalue weighted by Crippen LogP contribution is 2.24. The molecule has 0 aromatic heterocycles. The van der Waals surface area contributed by atoms with E-state index >= 15 is 0 Å². The third-order valence-corrected chi connectivity index (χ3v) is 4.46. The van der Waals surface area contributed by atoms with Crippen LogP contribution in [-0.4, -0.2) is 45.8 Å². The normalized spacial score (nSPS) is 13.5. The number of amides is 3. The van der Waals surface area contributed by atoms with Gasteiger partial charge in [-0.1, -0.05) is 0 Å². The van der Waals surface area contributed by atoms with Gasteiger partial charge >= 0.3 is 6.03 Å². The molecule has 1 fully saturated rings. The van der Waals surface area contributed by atoms with Crippen molar-refractivity contribution >= 4 is 23.3 Å². The molecule has 8 heteroatoms. The van der Waals surface area contributed by atoms with Crippen molar-refractivity contribution in [2.45, 2.75) is 6.54 Å². The zero-order valence-corrected chi connectivity index (χ0v) is 16.0. The minimum Gasteiger partial charge on any atom is -0.497 e. The third-order valence-electron chi connectivity index (χ3n) is 4.46. The van der Waals surface area contributed by atoms with Gasteiger partial charge in [0.1, 0.15) is 11.5 Å². The van der Waals surface area contributed by atoms with Gasteiger partial charge in [-0.05, 0) is 42.5 Å². The van der Waals surface area contributed by atoms with Crippen LogP contribution in [0, 0.1) is 0 Å². The molecule has 148 valence electrons. The lowest BCUT2D eigenvalue weighted by Gasteiger charge is -2.28. The molecule has 28 heavy (non-hydrogen) atoms. The SMILES string of the molecule is COc1ccc(OC)c(CNC(=O)Nc2ccc(N3CCNC(=O)C3)cc2)c1. The predicted octanol–water partition coefficient (Wildman–Crippen LogP) is 1.96. The molecule has 0 radical (unpaired) electrons. The molecule has 1 aliphatic heterocycles. The van der Waals surface area contributed by atoms with E-state index in [1.54, 1.807) is 26.4 Å². The first kappa shape index (κ1) is 19.3. The summed E-state index contributed by atoms with van der Waals surface area (Å²) in [6.07, 6.45) is 0. The number of rotatable bonds is 6. The molecular weight excluding hydrogens is 360 g/mol. The first-order valence-corrected chi connectivity index (χ1v) is 8.96. The lowest BCUT2D eigenvalue weighted by molar-refractivity contribution is -0.120. The zero-order valence-electron chi connectivity index (χ0n) is 16.0. The van der Waals surface area contributed by atoms with Gasteiger partial charge in [-0.25, -0.2) is 4.79 Å². The summed E-state index contributed by atoms with van der Waals surface area (Å²) < 4.78 is 10.5. The second-order valence-electron chi connectivity index (χ2n) is 6.30. The Balaban J connectivity index is 1.56. The summed E-state index contributed by atoms with van der Waals surface area (Å²) in [7, 11) is 3.17. The van der Waals surface area contributed by atoms with E-state index in [0.717, 1.165) is 17.8 Å². The van der Waals surface area contributed by atoms with Crippen LogP contribution >= 0.6 is 0 Å². The lowest BCUT2D eigenvalue weighted by Crippen LogP contribution is -2.47. The molecule has 3 N–H and O–H groups in total. The van der Waals surface area contributed by atoms with E-state index in [0.29, 0.717) is 36.8 Å². The van der Waals surface area contributed by atoms with Crippen LogP contribution in [0.15, 0.2) is 42.5 Å². The van der Waals surface area contributed by atoms with Crippen LogP contribution in [-0.2, 0) is 11.3 Å². The summed E-state index contributed by atoms with van der Waals surface area (Å²) in [4.78, 5) is 25.7. The summed E-state index contributed by atoms with van der Waals surface area (Å²) in [5, 5.41) is 8.40. The van der Waals surface area contributed by atoms with Gasteiger partial charge in [-0.2, -0.15) is 0 Å². The number of piperazine rings is 1. The van der Waals surface area contributed by atoms with Crippen molar-refractivity contribution in [3.63, 3.8) is 0 Å². The quantitative estimate of drug-likeness (QED) is 0.708. The monoisotopic (exact) mass is 384 g/mol. The number of methoxy groups -OCH3 is 2. The molecule has 1 aliphatic rings. The zero-order chi connectivity index (χ0) is 19.9. The summed E-state index contributed by atoms with van der Waals surface area (Å²) in [6.45, 7) is 2.04. The van der Waals surface area contributed by atoms with Crippen LogP contribution in [0.5, 0.6) is 11.5 Å². The van der Waals surface area contributed by atoms with Crippen molar-refractivity contribution in [2.24, 2.45) is 0 Å². The Labute approximate surface area is 163 Å². The van der Waals surface area contributed by atoms with Crippen molar-refractivity contribution in [3.8, 4) is 11.5 Å². The van der Waals surface area contributed by atoms with E-state index in [-0.39, 0.29) is 11.9 Å². The van der Waals surface area contributed by atoms with Crippen LogP contribution in [0.4, 0.5) is 16.2 Å². The number of benzene rings is 2. The number of anilines is 2. The Morgan fingerprint density at radius 2 is 1.93 bits per heavy atom. The molecule has 3 rings (SSSR count). The number of urea groups is 1. The fourth-order valence-electron chi connectivity index (χ4n) is 2.99. The third kappa shape index (κ3) is 4.85. The molecule has 0 saturated carbocycles. The number of ether oxygens (including phenoxy) is 2. The molecule has 1 heterocycles. The minimum atomic E-state index is -0.324. The van der Waals surface area contributed by atoms with Crippen LogP contribution < -0.4 is 30.3 Å². The summed E-state index contributed by atoms with van der Waals surface area (Å²) in [5.41, 5.74) is 2.43. The Morgan fingerprint density at radius 1 is 1.14 bits per heavy atom. The Kier molecular flexibility index (Phi) is 6.21. The molecule has 2 aromatic rings. The highest BCUT2D eigenvalue weighted by molar-refractivity contribution is 5.89. The van der Waals surface area contributed by atoms with Crippen molar-refractivity contribution in [3.05, 3.63) is 48.0 Å². The number of nitrogens with one attached hydrogen (secondary N) is 3. The lowest BCUT2D eigenvalue weighted by atomic mass is 10.2. The van der Waals surface area contributed by atoms with Crippen LogP contribution in [0.2, 0.25) is 0 Å². The summed E-state index contributed by atoms with van der Waals surface area (Å²) in [5.74, 6) is 1.39. The van der Waals surface area contributed by atoms with E-state index in [4.69, 9.17) is 9.47 Å². The van der Waals surface area contributed by atoms with E-state index in [1.807, 2.05) is 35.2 Å². The second-order valence-corrected chi connectivity index (χ2v) is 6.30. The standard InChI is InChI=1S/C20H24N4O4/c1-27-17-7-8-18(28-2)14(11-17)12-22-20(26)23-15-3-5-16(6-4-15)24-10-9-21-19(25)13-24/h3-8,11H,9-10,12-13H2,1-2H3,(H,21,25)(H2,22,23,26). The van der Waals surface area contributed by atoms with Gasteiger partial charge in [0.2, 0.25) is 5.91 Å². The molecule has 0 atom stereocenters. The van der Waals surface area contributed by atoms with Gasteiger partial charge in [0.15, 0.2) is 0 Å². The molecule has 3 amide bonds. The van der Waals surface area contributed by atoms with Gasteiger partial charge in [0.05, 0.1) is 20.8 Å². The minimum absolute atomic E-state index is 0.0146. The van der Waals surface area contributed by atoms with E-state index in [9.17, 15) is 9.59 Å². The smallest absolute Gasteiger partial charge is 0.319 e. The highest BCUT2D eigenvalue weighted by Gasteiger charge is 2.16. The molecule has 0 bridgehead atoms. The molecule has 1 saturated heterocycles. The highest BCUT2D eigenvalue weighted by atomic mass is 16.5. The van der Waals surface area contributed by atoms with Gasteiger partial charge in [-0.3, -0.25) is 4.79 Å². The molecule has 0 unspecified atom stereocenters.